The van der Waals surface area contributed by atoms with Crippen LogP contribution in [0.25, 0.3) is 66.9 Å². The normalized spacial score (nSPS) is 15.1. The zero-order valence-corrected chi connectivity index (χ0v) is 76.5. The molecule has 4 aromatic carbocycles. The number of nitrogen functional groups attached to an aromatic ring is 1. The Hall–Kier alpha value is -10.9. The van der Waals surface area contributed by atoms with Gasteiger partial charge in [0.25, 0.3) is 21.9 Å². The van der Waals surface area contributed by atoms with Crippen molar-refractivity contribution in [3.63, 3.8) is 0 Å². The largest absolute Gasteiger partial charge is 0.477 e. The molecule has 0 radical (unpaired) electrons. The van der Waals surface area contributed by atoms with Gasteiger partial charge in [-0.15, -0.1) is 0 Å². The minimum atomic E-state index is -3.90. The van der Waals surface area contributed by atoms with E-state index in [0.717, 1.165) is 45.1 Å². The predicted octanol–water partition coefficient (Wildman–Crippen LogP) is 16.9. The highest BCUT2D eigenvalue weighted by atomic mass is 35.5. The highest BCUT2D eigenvalue weighted by Gasteiger charge is 2.41. The highest BCUT2D eigenvalue weighted by molar-refractivity contribution is 7.86. The number of aliphatic hydroxyl groups excluding tert-OH is 1. The molecule has 0 fully saturated rings. The third kappa shape index (κ3) is 22.6. The maximum Gasteiger partial charge on any atom is 0.338 e. The van der Waals surface area contributed by atoms with Crippen LogP contribution in [-0.2, 0) is 62.1 Å². The molecule has 0 saturated heterocycles. The molecular formula is C86H103Cl3N18O13SSi2. The Bertz CT molecular complexity index is 6020. The molecule has 0 spiro atoms. The van der Waals surface area contributed by atoms with Gasteiger partial charge in [-0.1, -0.05) is 130 Å². The molecule has 9 aromatic heterocycles. The van der Waals surface area contributed by atoms with Crippen LogP contribution >= 0.6 is 34.8 Å². The van der Waals surface area contributed by atoms with Crippen LogP contribution in [0.5, 0.6) is 17.6 Å². The van der Waals surface area contributed by atoms with Crippen LogP contribution in [0.2, 0.25) is 51.7 Å². The number of fused-ring (bicyclic) bond motifs is 15. The van der Waals surface area contributed by atoms with Crippen LogP contribution in [0, 0.1) is 6.92 Å². The number of pyridine rings is 3. The van der Waals surface area contributed by atoms with Crippen molar-refractivity contribution in [2.75, 3.05) is 49.9 Å². The zero-order valence-electron chi connectivity index (χ0n) is 71.4. The number of benzene rings is 4. The molecular weight excluding hydrogens is 1690 g/mol. The fourth-order valence-electron chi connectivity index (χ4n) is 13.2. The second-order valence-corrected chi connectivity index (χ2v) is 45.2. The number of nitrogens with two attached hydrogens (primary N) is 1. The van der Waals surface area contributed by atoms with Crippen molar-refractivity contribution in [3.8, 4) is 51.4 Å². The lowest BCUT2D eigenvalue weighted by Gasteiger charge is -2.39. The molecule has 13 aromatic rings. The Kier molecular flexibility index (Phi) is 28.8. The van der Waals surface area contributed by atoms with Crippen LogP contribution < -0.4 is 30.6 Å². The van der Waals surface area contributed by atoms with Crippen molar-refractivity contribution in [1.82, 2.24) is 73.4 Å². The van der Waals surface area contributed by atoms with E-state index in [1.54, 1.807) is 83.1 Å². The molecule has 0 saturated carbocycles. The van der Waals surface area contributed by atoms with Gasteiger partial charge in [-0.05, 0) is 147 Å². The Morgan fingerprint density at radius 2 is 1.09 bits per heavy atom. The number of anilines is 3. The van der Waals surface area contributed by atoms with Crippen LogP contribution in [0.1, 0.15) is 117 Å². The minimum Gasteiger partial charge on any atom is -0.477 e. The zero-order chi connectivity index (χ0) is 88.5. The van der Waals surface area contributed by atoms with E-state index >= 15 is 0 Å². The molecule has 4 bridgehead atoms. The van der Waals surface area contributed by atoms with E-state index in [1.807, 2.05) is 91.3 Å². The second kappa shape index (κ2) is 38.9. The molecule has 15 rings (SSSR count). The number of ether oxygens (including phenoxy) is 4. The summed E-state index contributed by atoms with van der Waals surface area (Å²) >= 11 is 18.8. The van der Waals surface area contributed by atoms with Crippen LogP contribution in [0.4, 0.5) is 17.8 Å². The third-order valence-electron chi connectivity index (χ3n) is 21.9. The average molecular weight is 1790 g/mol. The summed E-state index contributed by atoms with van der Waals surface area (Å²) < 4.78 is 76.4. The van der Waals surface area contributed by atoms with Gasteiger partial charge in [0.1, 0.15) is 15.5 Å². The molecule has 3 unspecified atom stereocenters. The lowest BCUT2D eigenvalue weighted by Crippen LogP contribution is -2.44. The standard InChI is InChI=1S/C29H40ClN3O7SSi.C28H35ClN6O3Si.C22H21ClN6O3.C7H7N3/c1-20-9-11-23(12-10-20)41(35,36)39-16-14-22(40-42(7,8)29(2,3)4)13-15-38-27-24(19-31-33(27)5)25-17-21(28(34)37-6)18-26(30)32-25;1-28(2,3)39(5,6)38-19-11-13-35-23-10-8-7-9-21(23)32-27(35)33-25(36)18-15-22(31-24(29)16-18)20-17-30-34(4)26(20)37-14-12-19;1-28-21-15(12-24-28)17-10-13(11-19(23)25-17)20(31)27-22-26-16-4-2-3-5-18(16)29(22)8-6-14(30)7-9-32-21;8-7-9-5-3-1-2-4-6(5)10-7/h9-12,17-19,22H,13-16H2,1-8H3;7-10,15-17,19H,11-14H2,1-6H3,(H,32,33,36);2-5,10-12,14,30H,6-9H2,1H3,(H,26,27,31);1-4H,(H3,8,9,10). The van der Waals surface area contributed by atoms with Crippen molar-refractivity contribution >= 4 is 130 Å². The van der Waals surface area contributed by atoms with Crippen molar-refractivity contribution in [2.45, 2.75) is 160 Å². The first-order valence-corrected chi connectivity index (χ1v) is 48.5. The lowest BCUT2D eigenvalue weighted by atomic mass is 10.1. The van der Waals surface area contributed by atoms with E-state index in [0.29, 0.717) is 139 Å². The molecule has 2 aliphatic rings. The predicted molar refractivity (Wildman–Crippen MR) is 480 cm³/mol. The number of carbonyl (C=O) groups is 3. The first-order chi connectivity index (χ1) is 58.3. The number of carbonyl (C=O) groups excluding carboxylic acids is 3. The molecule has 3 atom stereocenters. The summed E-state index contributed by atoms with van der Waals surface area (Å²) in [6.07, 6.45) is 7.10. The number of nitrogens with one attached hydrogen (secondary N) is 3. The maximum atomic E-state index is 13.5. The van der Waals surface area contributed by atoms with E-state index in [1.165, 1.54) is 31.4 Å². The Labute approximate surface area is 730 Å². The number of esters is 1. The van der Waals surface area contributed by atoms with Crippen molar-refractivity contribution in [2.24, 2.45) is 21.1 Å². The minimum absolute atomic E-state index is 0.0325. The van der Waals surface area contributed by atoms with Gasteiger partial charge < -0.3 is 52.8 Å². The van der Waals surface area contributed by atoms with Crippen LogP contribution in [0.3, 0.4) is 0 Å². The molecule has 0 aliphatic carbocycles. The lowest BCUT2D eigenvalue weighted by molar-refractivity contribution is 0.0600. The first-order valence-electron chi connectivity index (χ1n) is 40.1. The summed E-state index contributed by atoms with van der Waals surface area (Å²) in [5.41, 5.74) is 15.9. The number of aromatic amines is 1. The molecule has 2 aliphatic heterocycles. The van der Waals surface area contributed by atoms with Gasteiger partial charge >= 0.3 is 5.97 Å². The number of H-pyrrole nitrogens is 1. The number of amides is 2. The average Bonchev–Trinajstić information content (AvgIpc) is 1.65. The fraction of sp³-hybridized carbons (Fsp3) is 0.372. The number of aryl methyl sites for hydroxylation is 6. The van der Waals surface area contributed by atoms with E-state index in [9.17, 15) is 27.9 Å². The number of halogens is 3. The summed E-state index contributed by atoms with van der Waals surface area (Å²) in [6.45, 7) is 25.9. The summed E-state index contributed by atoms with van der Waals surface area (Å²) in [4.78, 5) is 68.3. The Morgan fingerprint density at radius 3 is 1.63 bits per heavy atom. The summed E-state index contributed by atoms with van der Waals surface area (Å²) in [7, 11) is -1.55. The highest BCUT2D eigenvalue weighted by Crippen LogP contribution is 2.42. The number of hydrogen-bond acceptors (Lipinski definition) is 23. The maximum absolute atomic E-state index is 13.5. The molecule has 37 heteroatoms. The molecule has 31 nitrogen and oxygen atoms in total. The summed E-state index contributed by atoms with van der Waals surface area (Å²) in [5.74, 6) is 1.63. The number of rotatable bonds is 15. The first kappa shape index (κ1) is 91.3. The van der Waals surface area contributed by atoms with E-state index < -0.39 is 38.8 Å². The Balaban J connectivity index is 0.000000160. The number of nitrogens with zero attached hydrogens (tertiary/aromatic N) is 14. The van der Waals surface area contributed by atoms with Crippen molar-refractivity contribution < 1.29 is 59.9 Å². The van der Waals surface area contributed by atoms with Crippen molar-refractivity contribution in [1.29, 1.82) is 0 Å². The monoisotopic (exact) mass is 1790 g/mol. The quantitative estimate of drug-likeness (QED) is 0.0275. The topological polar surface area (TPSA) is 377 Å². The van der Waals surface area contributed by atoms with E-state index in [2.05, 4.69) is 128 Å². The number of para-hydroxylation sites is 6. The number of methoxy groups -OCH3 is 1. The van der Waals surface area contributed by atoms with Gasteiger partial charge in [0.05, 0.1) is 142 Å². The Morgan fingerprint density at radius 1 is 0.602 bits per heavy atom. The molecule has 11 heterocycles. The van der Waals surface area contributed by atoms with Gasteiger partial charge in [0.2, 0.25) is 29.5 Å². The van der Waals surface area contributed by atoms with Gasteiger partial charge in [-0.2, -0.15) is 23.7 Å². The van der Waals surface area contributed by atoms with Crippen LogP contribution in [-0.4, -0.2) is 173 Å². The van der Waals surface area contributed by atoms with Crippen LogP contribution in [0.15, 0.2) is 157 Å². The molecule has 6 N–H and O–H groups in total. The number of hydrogen-bond donors (Lipinski definition) is 5. The van der Waals surface area contributed by atoms with E-state index in [-0.39, 0.29) is 73.2 Å². The summed E-state index contributed by atoms with van der Waals surface area (Å²) in [5, 5.41) is 29.9. The van der Waals surface area contributed by atoms with Gasteiger partial charge in [0.15, 0.2) is 22.6 Å². The third-order valence-corrected chi connectivity index (χ3v) is 32.9. The van der Waals surface area contributed by atoms with E-state index in [4.69, 9.17) is 77.5 Å². The molecule has 123 heavy (non-hydrogen) atoms. The fourth-order valence-corrected chi connectivity index (χ4v) is 17.6. The number of aromatic nitrogens is 15. The van der Waals surface area contributed by atoms with Gasteiger partial charge in [-0.3, -0.25) is 24.4 Å². The molecule has 2 amide bonds. The summed E-state index contributed by atoms with van der Waals surface area (Å²) in [6, 6.07) is 39.2. The SMILES string of the molecule is COC(=O)c1cc(Cl)nc(-c2cnn(C)c2OCCC(CCOS(=O)(=O)c2ccc(C)cc2)O[Si](C)(C)C(C)(C)C)c1.Cn1ncc2c1OCCC(O)CCn1c(nc3ccccc31)NC(=O)c1cc(Cl)nc-2c1.Cn1ncc2c1OCCC(O[Si](C)(C)C(C)(C)C)CCn1c(nc3ccccc31)NC(=O)c1cc(Cl)nc-2c1.Nc1nc2ccccc2[nH]1. The van der Waals surface area contributed by atoms with Crippen molar-refractivity contribution in [3.05, 3.63) is 190 Å². The second-order valence-electron chi connectivity index (χ2n) is 32.9. The number of imidazole rings is 3. The molecule has 650 valence electrons. The smallest absolute Gasteiger partial charge is 0.338 e. The van der Waals surface area contributed by atoms with Gasteiger partial charge in [-0.25, -0.2) is 48.7 Å². The van der Waals surface area contributed by atoms with Gasteiger partial charge in [0, 0.05) is 70.7 Å². The number of aliphatic hydroxyl groups is 1.